The Hall–Kier alpha value is -1.97. The summed E-state index contributed by atoms with van der Waals surface area (Å²) in [6, 6.07) is 4.41. The predicted molar refractivity (Wildman–Crippen MR) is 94.6 cm³/mol. The molecule has 0 unspecified atom stereocenters. The van der Waals surface area contributed by atoms with Crippen molar-refractivity contribution in [2.24, 2.45) is 0 Å². The summed E-state index contributed by atoms with van der Waals surface area (Å²) in [6.45, 7) is 5.72. The van der Waals surface area contributed by atoms with E-state index in [9.17, 15) is 18.0 Å². The highest BCUT2D eigenvalue weighted by atomic mass is 32.2. The maximum Gasteiger partial charge on any atom is 0.328 e. The number of benzene rings is 1. The Morgan fingerprint density at radius 3 is 2.42 bits per heavy atom. The van der Waals surface area contributed by atoms with Crippen LogP contribution < -0.4 is 5.32 Å². The lowest BCUT2D eigenvalue weighted by atomic mass is 10.0. The Bertz CT molecular complexity index is 797. The number of nitrogens with zero attached hydrogens (tertiary/aromatic N) is 1. The van der Waals surface area contributed by atoms with E-state index >= 15 is 0 Å². The van der Waals surface area contributed by atoms with Crippen LogP contribution in [0.2, 0.25) is 0 Å². The number of ether oxygens (including phenoxy) is 1. The number of sulfonamides is 1. The molecule has 0 saturated carbocycles. The van der Waals surface area contributed by atoms with Crippen LogP contribution in [-0.4, -0.2) is 61.5 Å². The average molecular weight is 384 g/mol. The number of carboxylic acids is 1. The maximum atomic E-state index is 13.0. The van der Waals surface area contributed by atoms with Crippen LogP contribution in [0.1, 0.15) is 36.7 Å². The van der Waals surface area contributed by atoms with Gasteiger partial charge in [-0.25, -0.2) is 13.2 Å². The third-order valence-corrected chi connectivity index (χ3v) is 6.24. The zero-order chi connectivity index (χ0) is 19.5. The van der Waals surface area contributed by atoms with Gasteiger partial charge < -0.3 is 15.2 Å². The fraction of sp³-hybridized carbons (Fsp3) is 0.529. The minimum absolute atomic E-state index is 0.0719. The van der Waals surface area contributed by atoms with Crippen molar-refractivity contribution in [3.05, 3.63) is 29.3 Å². The van der Waals surface area contributed by atoms with Gasteiger partial charge in [0.1, 0.15) is 5.54 Å². The van der Waals surface area contributed by atoms with Crippen LogP contribution in [0, 0.1) is 0 Å². The van der Waals surface area contributed by atoms with Gasteiger partial charge in [-0.3, -0.25) is 4.79 Å². The van der Waals surface area contributed by atoms with Gasteiger partial charge >= 0.3 is 5.97 Å². The summed E-state index contributed by atoms with van der Waals surface area (Å²) in [4.78, 5) is 23.7. The molecule has 0 spiro atoms. The standard InChI is InChI=1S/C17H24N2O6S/c1-4-12-5-6-13(15(20)18-17(2,3)16(21)22)11-14(12)26(23,24)19-7-9-25-10-8-19/h5-6,11H,4,7-10H2,1-3H3,(H,18,20)(H,21,22). The molecule has 0 aromatic heterocycles. The fourth-order valence-electron chi connectivity index (χ4n) is 2.56. The first-order chi connectivity index (χ1) is 12.1. The van der Waals surface area contributed by atoms with Crippen LogP contribution in [0.15, 0.2) is 23.1 Å². The van der Waals surface area contributed by atoms with E-state index in [1.54, 1.807) is 6.07 Å². The van der Waals surface area contributed by atoms with Gasteiger partial charge in [-0.1, -0.05) is 13.0 Å². The molecule has 1 heterocycles. The lowest BCUT2D eigenvalue weighted by Crippen LogP contribution is -2.49. The monoisotopic (exact) mass is 384 g/mol. The van der Waals surface area contributed by atoms with Crippen molar-refractivity contribution in [2.75, 3.05) is 26.3 Å². The number of morpholine rings is 1. The van der Waals surface area contributed by atoms with E-state index in [4.69, 9.17) is 9.84 Å². The number of nitrogens with one attached hydrogen (secondary N) is 1. The van der Waals surface area contributed by atoms with Gasteiger partial charge in [0.25, 0.3) is 5.91 Å². The molecule has 8 nitrogen and oxygen atoms in total. The third-order valence-electron chi connectivity index (χ3n) is 4.26. The van der Waals surface area contributed by atoms with E-state index in [1.165, 1.54) is 30.3 Å². The first kappa shape index (κ1) is 20.3. The van der Waals surface area contributed by atoms with E-state index in [1.807, 2.05) is 6.92 Å². The molecule has 1 saturated heterocycles. The summed E-state index contributed by atoms with van der Waals surface area (Å²) in [5, 5.41) is 11.5. The van der Waals surface area contributed by atoms with E-state index < -0.39 is 27.4 Å². The van der Waals surface area contributed by atoms with Crippen LogP contribution in [0.5, 0.6) is 0 Å². The molecule has 144 valence electrons. The lowest BCUT2D eigenvalue weighted by molar-refractivity contribution is -0.143. The van der Waals surface area contributed by atoms with Crippen molar-refractivity contribution in [2.45, 2.75) is 37.6 Å². The minimum Gasteiger partial charge on any atom is -0.480 e. The Balaban J connectivity index is 2.39. The molecular formula is C17H24N2O6S. The Morgan fingerprint density at radius 2 is 1.88 bits per heavy atom. The minimum atomic E-state index is -3.76. The van der Waals surface area contributed by atoms with Crippen LogP contribution in [0.25, 0.3) is 0 Å². The quantitative estimate of drug-likeness (QED) is 0.752. The van der Waals surface area contributed by atoms with Crippen molar-refractivity contribution in [3.63, 3.8) is 0 Å². The molecule has 1 aliphatic rings. The molecule has 0 bridgehead atoms. The molecule has 2 rings (SSSR count). The van der Waals surface area contributed by atoms with Gasteiger partial charge in [-0.05, 0) is 38.0 Å². The molecule has 1 fully saturated rings. The highest BCUT2D eigenvalue weighted by Crippen LogP contribution is 2.23. The topological polar surface area (TPSA) is 113 Å². The molecule has 0 atom stereocenters. The Kier molecular flexibility index (Phi) is 6.05. The van der Waals surface area contributed by atoms with Crippen LogP contribution in [0.3, 0.4) is 0 Å². The number of carbonyl (C=O) groups excluding carboxylic acids is 1. The fourth-order valence-corrected chi connectivity index (χ4v) is 4.29. The van der Waals surface area contributed by atoms with Crippen LogP contribution in [0.4, 0.5) is 0 Å². The molecule has 1 aromatic rings. The number of hydrogen-bond donors (Lipinski definition) is 2. The molecule has 1 amide bonds. The Morgan fingerprint density at radius 1 is 1.27 bits per heavy atom. The van der Waals surface area contributed by atoms with Gasteiger partial charge in [0.15, 0.2) is 0 Å². The average Bonchev–Trinajstić information content (AvgIpc) is 2.61. The number of amides is 1. The van der Waals surface area contributed by atoms with Crippen molar-refractivity contribution in [1.29, 1.82) is 0 Å². The zero-order valence-electron chi connectivity index (χ0n) is 15.1. The summed E-state index contributed by atoms with van der Waals surface area (Å²) in [5.41, 5.74) is -0.766. The second-order valence-electron chi connectivity index (χ2n) is 6.58. The van der Waals surface area contributed by atoms with Gasteiger partial charge in [-0.2, -0.15) is 4.31 Å². The normalized spacial score (nSPS) is 16.3. The largest absolute Gasteiger partial charge is 0.480 e. The van der Waals surface area contributed by atoms with Gasteiger partial charge in [0, 0.05) is 18.7 Å². The molecule has 0 aliphatic carbocycles. The smallest absolute Gasteiger partial charge is 0.328 e. The number of rotatable bonds is 6. The van der Waals surface area contributed by atoms with E-state index in [0.29, 0.717) is 25.2 Å². The number of aliphatic carboxylic acids is 1. The first-order valence-corrected chi connectivity index (χ1v) is 9.80. The predicted octanol–water partition coefficient (Wildman–Crippen LogP) is 0.863. The van der Waals surface area contributed by atoms with Crippen LogP contribution in [-0.2, 0) is 26.0 Å². The second-order valence-corrected chi connectivity index (χ2v) is 8.48. The molecule has 26 heavy (non-hydrogen) atoms. The lowest BCUT2D eigenvalue weighted by Gasteiger charge is -2.27. The summed E-state index contributed by atoms with van der Waals surface area (Å²) >= 11 is 0. The van der Waals surface area contributed by atoms with Crippen LogP contribution >= 0.6 is 0 Å². The summed E-state index contributed by atoms with van der Waals surface area (Å²) in [7, 11) is -3.76. The van der Waals surface area contributed by atoms with Crippen molar-refractivity contribution in [3.8, 4) is 0 Å². The first-order valence-electron chi connectivity index (χ1n) is 8.36. The molecule has 9 heteroatoms. The van der Waals surface area contributed by atoms with Gasteiger partial charge in [0.05, 0.1) is 18.1 Å². The van der Waals surface area contributed by atoms with Gasteiger partial charge in [-0.15, -0.1) is 0 Å². The SMILES string of the molecule is CCc1ccc(C(=O)NC(C)(C)C(=O)O)cc1S(=O)(=O)N1CCOCC1. The van der Waals surface area contributed by atoms with Crippen molar-refractivity contribution < 1.29 is 27.9 Å². The Labute approximate surface area is 153 Å². The van der Waals surface area contributed by atoms with Crippen molar-refractivity contribution >= 4 is 21.9 Å². The molecule has 0 radical (unpaired) electrons. The third kappa shape index (κ3) is 4.22. The number of carbonyl (C=O) groups is 2. The molecular weight excluding hydrogens is 360 g/mol. The summed E-state index contributed by atoms with van der Waals surface area (Å²) in [5.74, 6) is -1.82. The number of carboxylic acid groups (broad SMARTS) is 1. The van der Waals surface area contributed by atoms with E-state index in [2.05, 4.69) is 5.32 Å². The highest BCUT2D eigenvalue weighted by molar-refractivity contribution is 7.89. The zero-order valence-corrected chi connectivity index (χ0v) is 15.9. The van der Waals surface area contributed by atoms with Gasteiger partial charge in [0.2, 0.25) is 10.0 Å². The number of hydrogen-bond acceptors (Lipinski definition) is 5. The highest BCUT2D eigenvalue weighted by Gasteiger charge is 2.31. The second kappa shape index (κ2) is 7.73. The maximum absolute atomic E-state index is 13.0. The van der Waals surface area contributed by atoms with E-state index in [0.717, 1.165) is 0 Å². The van der Waals surface area contributed by atoms with E-state index in [-0.39, 0.29) is 23.5 Å². The molecule has 2 N–H and O–H groups in total. The summed E-state index contributed by atoms with van der Waals surface area (Å²) < 4.78 is 32.5. The summed E-state index contributed by atoms with van der Waals surface area (Å²) in [6.07, 6.45) is 0.488. The molecule has 1 aromatic carbocycles. The molecule has 1 aliphatic heterocycles. The number of aryl methyl sites for hydroxylation is 1. The van der Waals surface area contributed by atoms with Crippen molar-refractivity contribution in [1.82, 2.24) is 9.62 Å².